The van der Waals surface area contributed by atoms with Gasteiger partial charge in [-0.05, 0) is 55.7 Å². The molecule has 1 saturated carbocycles. The molecule has 2 bridgehead atoms. The fourth-order valence-electron chi connectivity index (χ4n) is 5.56. The van der Waals surface area contributed by atoms with E-state index in [1.165, 1.54) is 12.1 Å². The smallest absolute Gasteiger partial charge is 0.303 e. The number of carboxylic acid groups (broad SMARTS) is 1. The van der Waals surface area contributed by atoms with Crippen LogP contribution in [0, 0.1) is 17.7 Å². The summed E-state index contributed by atoms with van der Waals surface area (Å²) in [5.41, 5.74) is 0.778. The van der Waals surface area contributed by atoms with Crippen LogP contribution < -0.4 is 0 Å². The van der Waals surface area contributed by atoms with Crippen LogP contribution in [0.5, 0.6) is 0 Å². The number of aliphatic hydroxyl groups is 1. The number of fused-ring (bicyclic) bond motifs is 2. The maximum absolute atomic E-state index is 14.4. The molecule has 188 valence electrons. The van der Waals surface area contributed by atoms with Crippen molar-refractivity contribution in [3.05, 3.63) is 60.0 Å². The lowest BCUT2D eigenvalue weighted by Gasteiger charge is -2.38. The summed E-state index contributed by atoms with van der Waals surface area (Å²) in [6, 6.07) is 6.62. The zero-order valence-corrected chi connectivity index (χ0v) is 20.0. The number of rotatable bonds is 14. The highest BCUT2D eigenvalue weighted by molar-refractivity contribution is 5.66. The molecule has 0 amide bonds. The Balaban J connectivity index is 1.74. The molecule has 1 unspecified atom stereocenters. The summed E-state index contributed by atoms with van der Waals surface area (Å²) in [6.45, 7) is 2.62. The number of aliphatic carboxylic acids is 1. The van der Waals surface area contributed by atoms with Gasteiger partial charge in [0, 0.05) is 17.8 Å². The average molecular weight is 477 g/mol. The van der Waals surface area contributed by atoms with Gasteiger partial charge in [0.2, 0.25) is 0 Å². The Labute approximate surface area is 201 Å². The van der Waals surface area contributed by atoms with Crippen molar-refractivity contribution < 1.29 is 28.5 Å². The minimum absolute atomic E-state index is 0.0139. The lowest BCUT2D eigenvalue weighted by atomic mass is 9.69. The summed E-state index contributed by atoms with van der Waals surface area (Å²) >= 11 is 0. The Kier molecular flexibility index (Phi) is 9.84. The number of allylic oxidation sites excluding steroid dienone is 2. The topological polar surface area (TPSA) is 66.8 Å². The van der Waals surface area contributed by atoms with Gasteiger partial charge in [-0.25, -0.2) is 8.78 Å². The molecule has 1 aliphatic carbocycles. The standard InChI is InChI=1S/C28H38F2O4/c1-2-3-6-10-24(30)25(31)17-16-22-23(9-7-4-5-8-11-27(32)33)28(18-26(22)34-19-28)20-12-14-21(29)15-13-20/h4,7,12-17,22-26,31H,2-3,5-6,8-11,18-19H2,1H3,(H,32,33)/t22-,23-,24?,25-,26-,28-/m0/s1. The molecule has 1 aliphatic heterocycles. The Bertz CT molecular complexity index is 837. The molecule has 1 saturated heterocycles. The Morgan fingerprint density at radius 1 is 1.24 bits per heavy atom. The van der Waals surface area contributed by atoms with Crippen molar-refractivity contribution in [1.29, 1.82) is 0 Å². The third-order valence-corrected chi connectivity index (χ3v) is 7.45. The lowest BCUT2D eigenvalue weighted by molar-refractivity contribution is -0.137. The van der Waals surface area contributed by atoms with Gasteiger partial charge in [0.1, 0.15) is 18.1 Å². The summed E-state index contributed by atoms with van der Waals surface area (Å²) in [4.78, 5) is 10.7. The van der Waals surface area contributed by atoms with Crippen LogP contribution in [0.3, 0.4) is 0 Å². The first-order valence-corrected chi connectivity index (χ1v) is 12.6. The van der Waals surface area contributed by atoms with E-state index in [1.54, 1.807) is 6.08 Å². The second-order valence-electron chi connectivity index (χ2n) is 9.78. The van der Waals surface area contributed by atoms with E-state index in [0.29, 0.717) is 25.9 Å². The largest absolute Gasteiger partial charge is 0.481 e. The monoisotopic (exact) mass is 476 g/mol. The van der Waals surface area contributed by atoms with Gasteiger partial charge in [0.15, 0.2) is 0 Å². The third-order valence-electron chi connectivity index (χ3n) is 7.45. The van der Waals surface area contributed by atoms with Gasteiger partial charge in [-0.3, -0.25) is 4.79 Å². The normalized spacial score (nSPS) is 28.2. The Hall–Kier alpha value is -2.05. The van der Waals surface area contributed by atoms with Gasteiger partial charge >= 0.3 is 5.97 Å². The molecule has 34 heavy (non-hydrogen) atoms. The molecular weight excluding hydrogens is 438 g/mol. The first-order valence-electron chi connectivity index (χ1n) is 12.6. The number of hydrogen-bond donors (Lipinski definition) is 2. The van der Waals surface area contributed by atoms with Gasteiger partial charge < -0.3 is 14.9 Å². The maximum Gasteiger partial charge on any atom is 0.303 e. The van der Waals surface area contributed by atoms with Gasteiger partial charge in [-0.2, -0.15) is 0 Å². The summed E-state index contributed by atoms with van der Waals surface area (Å²) in [7, 11) is 0. The molecule has 0 spiro atoms. The second kappa shape index (κ2) is 12.6. The molecule has 2 fully saturated rings. The number of carboxylic acids is 1. The fraction of sp³-hybridized carbons (Fsp3) is 0.607. The Morgan fingerprint density at radius 2 is 2.00 bits per heavy atom. The first-order chi connectivity index (χ1) is 16.4. The van der Waals surface area contributed by atoms with Crippen LogP contribution >= 0.6 is 0 Å². The molecule has 1 aromatic rings. The Morgan fingerprint density at radius 3 is 2.71 bits per heavy atom. The molecule has 6 atom stereocenters. The highest BCUT2D eigenvalue weighted by atomic mass is 19.1. The number of aliphatic hydroxyl groups excluding tert-OH is 1. The number of ether oxygens (including phenoxy) is 1. The van der Waals surface area contributed by atoms with Crippen LogP contribution in [0.4, 0.5) is 8.78 Å². The molecular formula is C28H38F2O4. The molecule has 6 heteroatoms. The van der Waals surface area contributed by atoms with Gasteiger partial charge in [-0.15, -0.1) is 0 Å². The van der Waals surface area contributed by atoms with Crippen LogP contribution in [0.25, 0.3) is 0 Å². The van der Waals surface area contributed by atoms with Gasteiger partial charge in [0.25, 0.3) is 0 Å². The quantitative estimate of drug-likeness (QED) is 0.250. The van der Waals surface area contributed by atoms with Crippen LogP contribution in [0.15, 0.2) is 48.6 Å². The van der Waals surface area contributed by atoms with Crippen molar-refractivity contribution in [2.45, 2.75) is 88.5 Å². The van der Waals surface area contributed by atoms with E-state index in [-0.39, 0.29) is 35.6 Å². The number of unbranched alkanes of at least 4 members (excludes halogenated alkanes) is 3. The van der Waals surface area contributed by atoms with Crippen molar-refractivity contribution in [1.82, 2.24) is 0 Å². The highest BCUT2D eigenvalue weighted by Gasteiger charge is 2.58. The van der Waals surface area contributed by atoms with Crippen LogP contribution in [-0.4, -0.2) is 41.2 Å². The zero-order valence-electron chi connectivity index (χ0n) is 20.0. The molecule has 2 aliphatic rings. The van der Waals surface area contributed by atoms with Crippen LogP contribution in [0.2, 0.25) is 0 Å². The molecule has 1 aromatic carbocycles. The van der Waals surface area contributed by atoms with E-state index in [1.807, 2.05) is 24.3 Å². The number of halogens is 2. The minimum Gasteiger partial charge on any atom is -0.481 e. The number of carbonyl (C=O) groups is 1. The number of hydrogen-bond acceptors (Lipinski definition) is 3. The second-order valence-corrected chi connectivity index (χ2v) is 9.78. The predicted molar refractivity (Wildman–Crippen MR) is 129 cm³/mol. The highest BCUT2D eigenvalue weighted by Crippen LogP contribution is 2.57. The van der Waals surface area contributed by atoms with Crippen molar-refractivity contribution in [2.75, 3.05) is 6.61 Å². The van der Waals surface area contributed by atoms with E-state index >= 15 is 0 Å². The summed E-state index contributed by atoms with van der Waals surface area (Å²) in [5, 5.41) is 19.2. The van der Waals surface area contributed by atoms with Crippen molar-refractivity contribution in [2.24, 2.45) is 11.8 Å². The van der Waals surface area contributed by atoms with E-state index in [4.69, 9.17) is 9.84 Å². The van der Waals surface area contributed by atoms with Crippen LogP contribution in [-0.2, 0) is 14.9 Å². The molecule has 0 aromatic heterocycles. The minimum atomic E-state index is -1.28. The van der Waals surface area contributed by atoms with Gasteiger partial charge in [-0.1, -0.05) is 62.6 Å². The summed E-state index contributed by atoms with van der Waals surface area (Å²) in [5.74, 6) is -0.896. The third kappa shape index (κ3) is 6.54. The number of benzene rings is 1. The van der Waals surface area contributed by atoms with Crippen LogP contribution in [0.1, 0.15) is 70.3 Å². The number of alkyl halides is 1. The predicted octanol–water partition coefficient (Wildman–Crippen LogP) is 6.14. The molecule has 0 radical (unpaired) electrons. The van der Waals surface area contributed by atoms with Crippen molar-refractivity contribution >= 4 is 5.97 Å². The van der Waals surface area contributed by atoms with E-state index in [9.17, 15) is 18.7 Å². The zero-order chi connectivity index (χ0) is 24.6. The molecule has 3 rings (SSSR count). The maximum atomic E-state index is 14.4. The van der Waals surface area contributed by atoms with Crippen molar-refractivity contribution in [3.8, 4) is 0 Å². The molecule has 4 nitrogen and oxygen atoms in total. The SMILES string of the molecule is CCCCCC(F)[C@@H](O)C=C[C@@H]1[C@@H]2C[C@@](c3ccc(F)cc3)(CO2)[C@H]1CC=CCCCC(=O)O. The van der Waals surface area contributed by atoms with Crippen molar-refractivity contribution in [3.63, 3.8) is 0 Å². The van der Waals surface area contributed by atoms with Gasteiger partial charge in [0.05, 0.1) is 12.7 Å². The fourth-order valence-corrected chi connectivity index (χ4v) is 5.56. The summed E-state index contributed by atoms with van der Waals surface area (Å²) in [6.07, 6.45) is 11.3. The summed E-state index contributed by atoms with van der Waals surface area (Å²) < 4.78 is 34.1. The average Bonchev–Trinajstić information content (AvgIpc) is 3.38. The molecule has 2 N–H and O–H groups in total. The molecule has 1 heterocycles. The van der Waals surface area contributed by atoms with E-state index < -0.39 is 18.2 Å². The lowest BCUT2D eigenvalue weighted by Crippen LogP contribution is -2.39. The first kappa shape index (κ1) is 26.6. The van der Waals surface area contributed by atoms with E-state index in [0.717, 1.165) is 37.7 Å². The van der Waals surface area contributed by atoms with E-state index in [2.05, 4.69) is 13.0 Å².